The minimum absolute atomic E-state index is 0.209. The smallest absolute Gasteiger partial charge is 0.278 e. The first-order chi connectivity index (χ1) is 16.8. The summed E-state index contributed by atoms with van der Waals surface area (Å²) in [7, 11) is 0. The number of nitrogens with one attached hydrogen (secondary N) is 1. The molecule has 1 amide bonds. The third-order valence-corrected chi connectivity index (χ3v) is 6.37. The molecule has 0 aliphatic carbocycles. The molecule has 0 unspecified atom stereocenters. The highest BCUT2D eigenvalue weighted by atomic mass is 35.5. The van der Waals surface area contributed by atoms with Crippen molar-refractivity contribution in [1.29, 1.82) is 0 Å². The van der Waals surface area contributed by atoms with Crippen molar-refractivity contribution in [3.8, 4) is 17.3 Å². The molecule has 5 rings (SSSR count). The normalized spacial score (nSPS) is 12.0. The van der Waals surface area contributed by atoms with E-state index in [9.17, 15) is 14.0 Å². The Bertz CT molecular complexity index is 1510. The molecular formula is C27H23ClFN3O3. The number of amides is 1. The summed E-state index contributed by atoms with van der Waals surface area (Å²) in [5, 5.41) is 3.30. The van der Waals surface area contributed by atoms with Crippen LogP contribution in [-0.4, -0.2) is 15.3 Å². The van der Waals surface area contributed by atoms with E-state index in [4.69, 9.17) is 16.3 Å². The molecule has 0 saturated heterocycles. The molecule has 6 nitrogen and oxygen atoms in total. The number of fused-ring (bicyclic) bond motifs is 2. The van der Waals surface area contributed by atoms with Crippen molar-refractivity contribution in [3.05, 3.63) is 104 Å². The number of benzene rings is 3. The molecule has 0 spiro atoms. The second kappa shape index (κ2) is 9.07. The van der Waals surface area contributed by atoms with Crippen molar-refractivity contribution in [2.75, 3.05) is 5.32 Å². The summed E-state index contributed by atoms with van der Waals surface area (Å²) in [5.74, 6) is 0.0164. The van der Waals surface area contributed by atoms with Crippen molar-refractivity contribution in [3.63, 3.8) is 0 Å². The number of halogens is 2. The van der Waals surface area contributed by atoms with Crippen LogP contribution in [-0.2, 0) is 24.2 Å². The molecule has 8 heteroatoms. The molecular weight excluding hydrogens is 469 g/mol. The number of hydrogen-bond donors (Lipinski definition) is 1. The predicted molar refractivity (Wildman–Crippen MR) is 134 cm³/mol. The Morgan fingerprint density at radius 1 is 1.11 bits per heavy atom. The van der Waals surface area contributed by atoms with Gasteiger partial charge < -0.3 is 10.1 Å². The molecule has 0 radical (unpaired) electrons. The molecule has 0 saturated carbocycles. The van der Waals surface area contributed by atoms with E-state index in [1.54, 1.807) is 31.2 Å². The lowest BCUT2D eigenvalue weighted by molar-refractivity contribution is -0.117. The Morgan fingerprint density at radius 2 is 1.89 bits per heavy atom. The first-order valence-electron chi connectivity index (χ1n) is 11.3. The molecule has 0 atom stereocenters. The zero-order valence-corrected chi connectivity index (χ0v) is 20.0. The van der Waals surface area contributed by atoms with E-state index in [1.165, 1.54) is 21.5 Å². The summed E-state index contributed by atoms with van der Waals surface area (Å²) >= 11 is 6.15. The van der Waals surface area contributed by atoms with Crippen LogP contribution < -0.4 is 15.6 Å². The molecule has 4 aromatic rings. The fraction of sp³-hybridized carbons (Fsp3) is 0.185. The summed E-state index contributed by atoms with van der Waals surface area (Å²) in [5.41, 5.74) is 3.80. The zero-order valence-electron chi connectivity index (χ0n) is 19.3. The monoisotopic (exact) mass is 491 g/mol. The lowest BCUT2D eigenvalue weighted by atomic mass is 10.0. The van der Waals surface area contributed by atoms with Crippen LogP contribution in [0.1, 0.15) is 29.2 Å². The van der Waals surface area contributed by atoms with Crippen LogP contribution >= 0.6 is 11.6 Å². The number of aryl methyl sites for hydroxylation is 2. The van der Waals surface area contributed by atoms with E-state index in [-0.39, 0.29) is 12.1 Å². The van der Waals surface area contributed by atoms with Crippen molar-refractivity contribution in [2.45, 2.75) is 33.2 Å². The maximum Gasteiger partial charge on any atom is 0.278 e. The summed E-state index contributed by atoms with van der Waals surface area (Å²) in [4.78, 5) is 26.6. The van der Waals surface area contributed by atoms with Crippen molar-refractivity contribution >= 4 is 23.2 Å². The number of aromatic nitrogens is 2. The molecule has 1 aliphatic rings. The van der Waals surface area contributed by atoms with E-state index < -0.39 is 11.7 Å². The molecule has 1 aliphatic heterocycles. The minimum Gasteiger partial charge on any atom is -0.439 e. The fourth-order valence-electron chi connectivity index (χ4n) is 4.25. The van der Waals surface area contributed by atoms with Gasteiger partial charge in [-0.2, -0.15) is 0 Å². The second-order valence-electron chi connectivity index (χ2n) is 8.52. The van der Waals surface area contributed by atoms with Gasteiger partial charge in [0.2, 0.25) is 11.8 Å². The van der Waals surface area contributed by atoms with E-state index in [2.05, 4.69) is 12.2 Å². The Morgan fingerprint density at radius 3 is 2.63 bits per heavy atom. The van der Waals surface area contributed by atoms with Gasteiger partial charge in [0.05, 0.1) is 11.3 Å². The predicted octanol–water partition coefficient (Wildman–Crippen LogP) is 5.64. The maximum atomic E-state index is 13.7. The van der Waals surface area contributed by atoms with Gasteiger partial charge >= 0.3 is 0 Å². The average Bonchev–Trinajstić information content (AvgIpc) is 3.10. The van der Waals surface area contributed by atoms with Gasteiger partial charge in [-0.1, -0.05) is 36.7 Å². The van der Waals surface area contributed by atoms with Gasteiger partial charge in [0.25, 0.3) is 5.56 Å². The van der Waals surface area contributed by atoms with Crippen LogP contribution in [0.3, 0.4) is 0 Å². The highest BCUT2D eigenvalue weighted by Crippen LogP contribution is 2.37. The van der Waals surface area contributed by atoms with Gasteiger partial charge in [0, 0.05) is 22.7 Å². The quantitative estimate of drug-likeness (QED) is 0.346. The largest absolute Gasteiger partial charge is 0.439 e. The van der Waals surface area contributed by atoms with Gasteiger partial charge in [-0.15, -0.1) is 0 Å². The number of carbonyl (C=O) groups excluding carboxylic acids is 1. The Balaban J connectivity index is 1.58. The van der Waals surface area contributed by atoms with Crippen LogP contribution in [0.4, 0.5) is 10.1 Å². The lowest BCUT2D eigenvalue weighted by Gasteiger charge is -2.20. The Hall–Kier alpha value is -3.84. The molecule has 35 heavy (non-hydrogen) atoms. The first-order valence-corrected chi connectivity index (χ1v) is 11.7. The van der Waals surface area contributed by atoms with Gasteiger partial charge in [-0.05, 0) is 66.9 Å². The van der Waals surface area contributed by atoms with Crippen molar-refractivity contribution < 1.29 is 13.9 Å². The standard InChI is InChI=1S/C27H23ClFN3O3/c1-3-17-5-9-21(10-6-17)32-26(34)22-13-18-12-19(28)7-11-24(18)35-27(22)31(32)15-25(33)30-23-14-20(29)8-4-16(23)2/h4-12,14H,3,13,15H2,1-2H3,(H,30,33). The van der Waals surface area contributed by atoms with Gasteiger partial charge in [0.15, 0.2) is 0 Å². The highest BCUT2D eigenvalue weighted by Gasteiger charge is 2.29. The average molecular weight is 492 g/mol. The molecule has 2 heterocycles. The summed E-state index contributed by atoms with van der Waals surface area (Å²) in [6, 6.07) is 17.0. The van der Waals surface area contributed by atoms with E-state index in [0.29, 0.717) is 40.0 Å². The summed E-state index contributed by atoms with van der Waals surface area (Å²) in [6.07, 6.45) is 1.19. The van der Waals surface area contributed by atoms with Gasteiger partial charge in [0.1, 0.15) is 18.1 Å². The SMILES string of the molecule is CCc1ccc(-n2c(=O)c3c(n2CC(=O)Nc2cc(F)ccc2C)Oc2ccc(Cl)cc2C3)cc1. The molecule has 3 aromatic carbocycles. The number of rotatable bonds is 5. The number of nitrogens with zero attached hydrogens (tertiary/aromatic N) is 2. The lowest BCUT2D eigenvalue weighted by Crippen LogP contribution is -2.27. The summed E-state index contributed by atoms with van der Waals surface area (Å²) in [6.45, 7) is 3.62. The number of ether oxygens (including phenoxy) is 1. The van der Waals surface area contributed by atoms with Crippen LogP contribution in [0.5, 0.6) is 11.6 Å². The number of anilines is 1. The number of carbonyl (C=O) groups is 1. The Labute approximate surface area is 206 Å². The van der Waals surface area contributed by atoms with Gasteiger partial charge in [-0.3, -0.25) is 9.59 Å². The third kappa shape index (κ3) is 4.35. The highest BCUT2D eigenvalue weighted by molar-refractivity contribution is 6.30. The summed E-state index contributed by atoms with van der Waals surface area (Å²) < 4.78 is 22.8. The van der Waals surface area contributed by atoms with Crippen molar-refractivity contribution in [1.82, 2.24) is 9.36 Å². The van der Waals surface area contributed by atoms with E-state index in [1.807, 2.05) is 24.3 Å². The van der Waals surface area contributed by atoms with Gasteiger partial charge in [-0.25, -0.2) is 13.8 Å². The first kappa shape index (κ1) is 22.9. The van der Waals surface area contributed by atoms with Crippen LogP contribution in [0.15, 0.2) is 65.5 Å². The second-order valence-corrected chi connectivity index (χ2v) is 8.95. The molecule has 0 fully saturated rings. The van der Waals surface area contributed by atoms with Crippen LogP contribution in [0, 0.1) is 12.7 Å². The fourth-order valence-corrected chi connectivity index (χ4v) is 4.44. The van der Waals surface area contributed by atoms with Crippen LogP contribution in [0.2, 0.25) is 5.02 Å². The molecule has 0 bridgehead atoms. The topological polar surface area (TPSA) is 65.3 Å². The maximum absolute atomic E-state index is 13.7. The van der Waals surface area contributed by atoms with E-state index in [0.717, 1.165) is 23.1 Å². The van der Waals surface area contributed by atoms with Crippen LogP contribution in [0.25, 0.3) is 5.69 Å². The van der Waals surface area contributed by atoms with Crippen molar-refractivity contribution in [2.24, 2.45) is 0 Å². The molecule has 1 N–H and O–H groups in total. The molecule has 178 valence electrons. The number of hydrogen-bond acceptors (Lipinski definition) is 3. The Kier molecular flexibility index (Phi) is 5.94. The third-order valence-electron chi connectivity index (χ3n) is 6.14. The minimum atomic E-state index is -0.448. The van der Waals surface area contributed by atoms with E-state index >= 15 is 0 Å². The zero-order chi connectivity index (χ0) is 24.7. The molecule has 1 aromatic heterocycles.